The highest BCUT2D eigenvalue weighted by Crippen LogP contribution is 2.25. The third kappa shape index (κ3) is 3.71. The molecule has 108 valence electrons. The summed E-state index contributed by atoms with van der Waals surface area (Å²) in [6.07, 6.45) is 0.709. The summed E-state index contributed by atoms with van der Waals surface area (Å²) in [6.45, 7) is 3.03. The Bertz CT molecular complexity index is 549. The normalized spacial score (nSPS) is 10.6. The molecule has 1 aromatic carbocycles. The lowest BCUT2D eigenvalue weighted by atomic mass is 10.1. The Balaban J connectivity index is 1.97. The van der Waals surface area contributed by atoms with Gasteiger partial charge in [0.25, 0.3) is 0 Å². The number of benzene rings is 1. The zero-order chi connectivity index (χ0) is 14.5. The van der Waals surface area contributed by atoms with Crippen LogP contribution in [0.5, 0.6) is 0 Å². The number of rotatable bonds is 6. The number of nitrogens with one attached hydrogen (secondary N) is 1. The van der Waals surface area contributed by atoms with E-state index >= 15 is 0 Å². The SMILES string of the molecule is Cc1nc(N(C)C)sc1CNc1ccc(CCO)cc1. The predicted octanol–water partition coefficient (Wildman–Crippen LogP) is 2.66. The van der Waals surface area contributed by atoms with Crippen molar-refractivity contribution in [1.29, 1.82) is 0 Å². The summed E-state index contributed by atoms with van der Waals surface area (Å²) in [5.74, 6) is 0. The van der Waals surface area contributed by atoms with Crippen LogP contribution in [0.2, 0.25) is 0 Å². The molecule has 0 aliphatic carbocycles. The van der Waals surface area contributed by atoms with Crippen molar-refractivity contribution in [2.24, 2.45) is 0 Å². The average Bonchev–Trinajstić information content (AvgIpc) is 2.80. The van der Waals surface area contributed by atoms with Crippen LogP contribution >= 0.6 is 11.3 Å². The van der Waals surface area contributed by atoms with Gasteiger partial charge in [-0.3, -0.25) is 0 Å². The maximum absolute atomic E-state index is 8.89. The number of aromatic nitrogens is 1. The molecule has 0 radical (unpaired) electrons. The van der Waals surface area contributed by atoms with Crippen molar-refractivity contribution in [3.05, 3.63) is 40.4 Å². The molecule has 0 saturated carbocycles. The first-order valence-electron chi connectivity index (χ1n) is 6.67. The Morgan fingerprint density at radius 3 is 2.50 bits per heavy atom. The van der Waals surface area contributed by atoms with Crippen molar-refractivity contribution >= 4 is 22.2 Å². The van der Waals surface area contributed by atoms with Gasteiger partial charge in [0.05, 0.1) is 12.2 Å². The number of aryl methyl sites for hydroxylation is 1. The summed E-state index contributed by atoms with van der Waals surface area (Å²) < 4.78 is 0. The fourth-order valence-electron chi connectivity index (χ4n) is 1.87. The third-order valence-electron chi connectivity index (χ3n) is 3.07. The monoisotopic (exact) mass is 291 g/mol. The van der Waals surface area contributed by atoms with E-state index in [-0.39, 0.29) is 6.61 Å². The second-order valence-electron chi connectivity index (χ2n) is 4.92. The minimum absolute atomic E-state index is 0.195. The van der Waals surface area contributed by atoms with Crippen molar-refractivity contribution in [3.8, 4) is 0 Å². The molecule has 2 N–H and O–H groups in total. The standard InChI is InChI=1S/C15H21N3OS/c1-11-14(20-15(17-11)18(2)3)10-16-13-6-4-12(5-7-13)8-9-19/h4-7,16,19H,8-10H2,1-3H3. The van der Waals surface area contributed by atoms with Crippen LogP contribution in [0.4, 0.5) is 10.8 Å². The van der Waals surface area contributed by atoms with E-state index in [1.54, 1.807) is 11.3 Å². The molecule has 5 heteroatoms. The molecule has 1 heterocycles. The quantitative estimate of drug-likeness (QED) is 0.859. The smallest absolute Gasteiger partial charge is 0.185 e. The van der Waals surface area contributed by atoms with Crippen LogP contribution in [0, 0.1) is 6.92 Å². The van der Waals surface area contributed by atoms with Gasteiger partial charge in [0, 0.05) is 31.3 Å². The number of nitrogens with zero attached hydrogens (tertiary/aromatic N) is 2. The van der Waals surface area contributed by atoms with Gasteiger partial charge in [-0.05, 0) is 31.0 Å². The largest absolute Gasteiger partial charge is 0.396 e. The first kappa shape index (κ1) is 14.8. The van der Waals surface area contributed by atoms with Gasteiger partial charge in [0.2, 0.25) is 0 Å². The van der Waals surface area contributed by atoms with E-state index in [1.165, 1.54) is 4.88 Å². The lowest BCUT2D eigenvalue weighted by molar-refractivity contribution is 0.299. The average molecular weight is 291 g/mol. The van der Waals surface area contributed by atoms with Crippen molar-refractivity contribution < 1.29 is 5.11 Å². The fourth-order valence-corrected chi connectivity index (χ4v) is 2.79. The Kier molecular flexibility index (Phi) is 4.98. The van der Waals surface area contributed by atoms with Gasteiger partial charge >= 0.3 is 0 Å². The summed E-state index contributed by atoms with van der Waals surface area (Å²) in [7, 11) is 4.02. The van der Waals surface area contributed by atoms with Crippen molar-refractivity contribution in [2.45, 2.75) is 19.9 Å². The summed E-state index contributed by atoms with van der Waals surface area (Å²) >= 11 is 1.72. The maximum Gasteiger partial charge on any atom is 0.185 e. The number of anilines is 2. The van der Waals surface area contributed by atoms with Crippen molar-refractivity contribution in [2.75, 3.05) is 30.9 Å². The fraction of sp³-hybridized carbons (Fsp3) is 0.400. The van der Waals surface area contributed by atoms with Gasteiger partial charge in [-0.25, -0.2) is 4.98 Å². The predicted molar refractivity (Wildman–Crippen MR) is 85.7 cm³/mol. The van der Waals surface area contributed by atoms with Crippen LogP contribution in [-0.4, -0.2) is 30.8 Å². The summed E-state index contributed by atoms with van der Waals surface area (Å²) in [5, 5.41) is 13.3. The summed E-state index contributed by atoms with van der Waals surface area (Å²) in [4.78, 5) is 7.83. The number of thiazole rings is 1. The molecule has 0 aliphatic heterocycles. The first-order chi connectivity index (χ1) is 9.60. The van der Waals surface area contributed by atoms with Crippen molar-refractivity contribution in [1.82, 2.24) is 4.98 Å². The molecule has 20 heavy (non-hydrogen) atoms. The van der Waals surface area contributed by atoms with Crippen LogP contribution in [-0.2, 0) is 13.0 Å². The van der Waals surface area contributed by atoms with Crippen LogP contribution in [0.25, 0.3) is 0 Å². The van der Waals surface area contributed by atoms with E-state index in [1.807, 2.05) is 50.2 Å². The molecule has 0 spiro atoms. The second-order valence-corrected chi connectivity index (χ2v) is 5.99. The van der Waals surface area contributed by atoms with Crippen LogP contribution < -0.4 is 10.2 Å². The molecule has 1 aromatic heterocycles. The zero-order valence-corrected chi connectivity index (χ0v) is 13.0. The second kappa shape index (κ2) is 6.72. The molecular formula is C15H21N3OS. The molecule has 0 saturated heterocycles. The Morgan fingerprint density at radius 2 is 1.95 bits per heavy atom. The number of aliphatic hydroxyl groups is 1. The summed E-state index contributed by atoms with van der Waals surface area (Å²) in [6, 6.07) is 8.19. The van der Waals surface area contributed by atoms with Gasteiger partial charge in [-0.15, -0.1) is 0 Å². The van der Waals surface area contributed by atoms with Crippen LogP contribution in [0.3, 0.4) is 0 Å². The van der Waals surface area contributed by atoms with E-state index < -0.39 is 0 Å². The van der Waals surface area contributed by atoms with Crippen LogP contribution in [0.1, 0.15) is 16.1 Å². The Hall–Kier alpha value is -1.59. The molecule has 4 nitrogen and oxygen atoms in total. The molecule has 0 aliphatic rings. The molecule has 0 amide bonds. The maximum atomic E-state index is 8.89. The lowest BCUT2D eigenvalue weighted by Crippen LogP contribution is -2.07. The van der Waals surface area contributed by atoms with Crippen molar-refractivity contribution in [3.63, 3.8) is 0 Å². The van der Waals surface area contributed by atoms with Crippen LogP contribution in [0.15, 0.2) is 24.3 Å². The minimum atomic E-state index is 0.195. The van der Waals surface area contributed by atoms with E-state index in [0.717, 1.165) is 28.6 Å². The first-order valence-corrected chi connectivity index (χ1v) is 7.49. The molecule has 0 atom stereocenters. The van der Waals surface area contributed by atoms with E-state index in [4.69, 9.17) is 5.11 Å². The number of hydrogen-bond acceptors (Lipinski definition) is 5. The van der Waals surface area contributed by atoms with Gasteiger partial charge in [-0.1, -0.05) is 23.5 Å². The van der Waals surface area contributed by atoms with E-state index in [9.17, 15) is 0 Å². The molecule has 2 rings (SSSR count). The van der Waals surface area contributed by atoms with Gasteiger partial charge in [-0.2, -0.15) is 0 Å². The van der Waals surface area contributed by atoms with Gasteiger partial charge in [0.1, 0.15) is 0 Å². The van der Waals surface area contributed by atoms with Gasteiger partial charge < -0.3 is 15.3 Å². The number of hydrogen-bond donors (Lipinski definition) is 2. The Labute approximate surface area is 124 Å². The summed E-state index contributed by atoms with van der Waals surface area (Å²) in [5.41, 5.74) is 3.33. The lowest BCUT2D eigenvalue weighted by Gasteiger charge is -2.07. The van der Waals surface area contributed by atoms with Gasteiger partial charge in [0.15, 0.2) is 5.13 Å². The highest BCUT2D eigenvalue weighted by atomic mass is 32.1. The number of aliphatic hydroxyl groups excluding tert-OH is 1. The zero-order valence-electron chi connectivity index (χ0n) is 12.2. The highest BCUT2D eigenvalue weighted by molar-refractivity contribution is 7.15. The highest BCUT2D eigenvalue weighted by Gasteiger charge is 2.08. The van der Waals surface area contributed by atoms with E-state index in [0.29, 0.717) is 6.42 Å². The minimum Gasteiger partial charge on any atom is -0.396 e. The topological polar surface area (TPSA) is 48.4 Å². The third-order valence-corrected chi connectivity index (χ3v) is 4.40. The molecular weight excluding hydrogens is 270 g/mol. The Morgan fingerprint density at radius 1 is 1.25 bits per heavy atom. The van der Waals surface area contributed by atoms with E-state index in [2.05, 4.69) is 10.3 Å². The molecule has 0 unspecified atom stereocenters. The molecule has 2 aromatic rings. The molecule has 0 fully saturated rings. The molecule has 0 bridgehead atoms.